The van der Waals surface area contributed by atoms with Crippen molar-refractivity contribution in [2.75, 3.05) is 12.0 Å². The van der Waals surface area contributed by atoms with Gasteiger partial charge in [-0.15, -0.1) is 16.1 Å². The fourth-order valence-corrected chi connectivity index (χ4v) is 1.13. The fraction of sp³-hybridized carbons (Fsp3) is 1.00. The Bertz CT molecular complexity index is 98.6. The van der Waals surface area contributed by atoms with Gasteiger partial charge < -0.3 is 0 Å². The van der Waals surface area contributed by atoms with Gasteiger partial charge in [0.15, 0.2) is 11.7 Å². The smallest absolute Gasteiger partial charge is 0.125 e. The molecule has 5 heteroatoms. The lowest BCUT2D eigenvalue weighted by Crippen LogP contribution is -2.00. The lowest BCUT2D eigenvalue weighted by atomic mass is 10.9. The molecule has 0 aliphatic heterocycles. The van der Waals surface area contributed by atoms with Crippen LogP contribution in [0.2, 0.25) is 0 Å². The van der Waals surface area contributed by atoms with E-state index in [0.717, 1.165) is 0 Å². The quantitative estimate of drug-likeness (QED) is 0.502. The molecule has 0 amide bonds. The summed E-state index contributed by atoms with van der Waals surface area (Å²) in [6, 6.07) is 0. The molecule has 0 spiro atoms. The Morgan fingerprint density at radius 2 is 2.33 bits per heavy atom. The van der Waals surface area contributed by atoms with Crippen LogP contribution in [0.5, 0.6) is 0 Å². The van der Waals surface area contributed by atoms with E-state index in [4.69, 9.17) is 27.7 Å². The van der Waals surface area contributed by atoms with Crippen LogP contribution in [-0.4, -0.2) is 17.6 Å². The van der Waals surface area contributed by atoms with Gasteiger partial charge in [0.2, 0.25) is 0 Å². The lowest BCUT2D eigenvalue weighted by molar-refractivity contribution is 0.317. The van der Waals surface area contributed by atoms with Crippen LogP contribution in [0.15, 0.2) is 0 Å². The molecule has 54 valence electrons. The first-order valence-electron chi connectivity index (χ1n) is 2.52. The van der Waals surface area contributed by atoms with Crippen LogP contribution in [0.4, 0.5) is 0 Å². The molecule has 0 radical (unpaired) electrons. The minimum atomic E-state index is -1.59. The highest BCUT2D eigenvalue weighted by atomic mass is 35.5. The van der Waals surface area contributed by atoms with E-state index in [9.17, 15) is 4.57 Å². The summed E-state index contributed by atoms with van der Waals surface area (Å²) in [4.78, 5) is 0. The van der Waals surface area contributed by atoms with Gasteiger partial charge in [-0.05, 0) is 11.5 Å². The first-order chi connectivity index (χ1) is 4.20. The second-order valence-corrected chi connectivity index (χ2v) is 3.62. The van der Waals surface area contributed by atoms with Crippen molar-refractivity contribution in [2.45, 2.75) is 12.5 Å². The molecule has 0 rings (SSSR count). The van der Waals surface area contributed by atoms with E-state index in [-0.39, 0.29) is 5.88 Å². The number of hydrogen-bond donors (Lipinski definition) is 0. The maximum absolute atomic E-state index is 10.6. The van der Waals surface area contributed by atoms with Crippen LogP contribution in [-0.2, 0) is 9.09 Å². The van der Waals surface area contributed by atoms with Gasteiger partial charge in [-0.1, -0.05) is 11.6 Å². The van der Waals surface area contributed by atoms with Crippen LogP contribution in [0.3, 0.4) is 0 Å². The van der Waals surface area contributed by atoms with Gasteiger partial charge >= 0.3 is 8.03 Å². The Morgan fingerprint density at radius 3 is 2.67 bits per heavy atom. The number of alkyl halides is 2. The highest BCUT2D eigenvalue weighted by Gasteiger charge is 2.19. The first-order valence-corrected chi connectivity index (χ1v) is 4.85. The molecule has 0 aliphatic rings. The molecule has 2 atom stereocenters. The zero-order valence-electron chi connectivity index (χ0n) is 5.01. The Balaban J connectivity index is 3.34. The Morgan fingerprint density at radius 1 is 1.78 bits per heavy atom. The van der Waals surface area contributed by atoms with Gasteiger partial charge in [0.1, 0.15) is 0 Å². The zero-order valence-corrected chi connectivity index (χ0v) is 7.42. The standard InChI is InChI=1S/C4H8Cl2O2P/c1-2-9(7)8-4(6)3-5/h4H,2-3H2,1H3/q+1. The maximum Gasteiger partial charge on any atom is 0.509 e. The summed E-state index contributed by atoms with van der Waals surface area (Å²) in [7, 11) is -1.59. The van der Waals surface area contributed by atoms with Gasteiger partial charge in [0.25, 0.3) is 0 Å². The lowest BCUT2D eigenvalue weighted by Gasteiger charge is -1.92. The van der Waals surface area contributed by atoms with Crippen LogP contribution in [0.1, 0.15) is 6.92 Å². The second kappa shape index (κ2) is 5.43. The minimum Gasteiger partial charge on any atom is -0.125 e. The van der Waals surface area contributed by atoms with E-state index in [1.807, 2.05) is 0 Å². The molecular formula is C4H8Cl2O2P+. The van der Waals surface area contributed by atoms with Gasteiger partial charge in [0, 0.05) is 0 Å². The van der Waals surface area contributed by atoms with Gasteiger partial charge in [0.05, 0.1) is 5.88 Å². The molecule has 0 fully saturated rings. The number of rotatable bonds is 4. The number of hydrogen-bond acceptors (Lipinski definition) is 2. The first kappa shape index (κ1) is 9.64. The molecule has 2 unspecified atom stereocenters. The Labute approximate surface area is 65.3 Å². The molecule has 2 nitrogen and oxygen atoms in total. The van der Waals surface area contributed by atoms with E-state index in [1.165, 1.54) is 0 Å². The van der Waals surface area contributed by atoms with Crippen LogP contribution in [0.25, 0.3) is 0 Å². The van der Waals surface area contributed by atoms with Crippen molar-refractivity contribution in [1.29, 1.82) is 0 Å². The summed E-state index contributed by atoms with van der Waals surface area (Å²) in [6.45, 7) is 1.76. The zero-order chi connectivity index (χ0) is 7.28. The largest absolute Gasteiger partial charge is 0.509 e. The van der Waals surface area contributed by atoms with Gasteiger partial charge in [-0.25, -0.2) is 0 Å². The Kier molecular flexibility index (Phi) is 5.81. The van der Waals surface area contributed by atoms with Crippen LogP contribution < -0.4 is 0 Å². The molecule has 0 aromatic carbocycles. The summed E-state index contributed by atoms with van der Waals surface area (Å²) in [5.74, 6) is 0.169. The van der Waals surface area contributed by atoms with Crippen molar-refractivity contribution in [1.82, 2.24) is 0 Å². The summed E-state index contributed by atoms with van der Waals surface area (Å²) < 4.78 is 15.3. The molecule has 0 heterocycles. The van der Waals surface area contributed by atoms with Crippen molar-refractivity contribution >= 4 is 31.2 Å². The summed E-state index contributed by atoms with van der Waals surface area (Å²) in [5, 5.41) is 0. The van der Waals surface area contributed by atoms with Gasteiger partial charge in [-0.2, -0.15) is 0 Å². The van der Waals surface area contributed by atoms with E-state index in [0.29, 0.717) is 6.16 Å². The summed E-state index contributed by atoms with van der Waals surface area (Å²) in [6.07, 6.45) is 0.482. The topological polar surface area (TPSA) is 26.3 Å². The van der Waals surface area contributed by atoms with Crippen LogP contribution >= 0.6 is 31.2 Å². The molecule has 0 aromatic heterocycles. The average Bonchev–Trinajstić information content (AvgIpc) is 1.87. The van der Waals surface area contributed by atoms with Crippen molar-refractivity contribution in [2.24, 2.45) is 0 Å². The SMILES string of the molecule is CC[P+](=O)OC(Cl)CCl. The predicted molar refractivity (Wildman–Crippen MR) is 39.6 cm³/mol. The predicted octanol–water partition coefficient (Wildman–Crippen LogP) is 2.57. The van der Waals surface area contributed by atoms with E-state index in [1.54, 1.807) is 6.92 Å². The maximum atomic E-state index is 10.6. The summed E-state index contributed by atoms with van der Waals surface area (Å²) >= 11 is 10.7. The highest BCUT2D eigenvalue weighted by Crippen LogP contribution is 2.25. The van der Waals surface area contributed by atoms with Crippen molar-refractivity contribution in [3.05, 3.63) is 0 Å². The number of halogens is 2. The molecular weight excluding hydrogens is 182 g/mol. The third-order valence-electron chi connectivity index (χ3n) is 0.611. The molecule has 0 aliphatic carbocycles. The highest BCUT2D eigenvalue weighted by molar-refractivity contribution is 7.39. The third-order valence-corrected chi connectivity index (χ3v) is 2.42. The molecule has 0 saturated carbocycles. The van der Waals surface area contributed by atoms with E-state index < -0.39 is 13.6 Å². The molecule has 9 heavy (non-hydrogen) atoms. The minimum absolute atomic E-state index is 0.169. The fourth-order valence-electron chi connectivity index (χ4n) is 0.230. The average molecular weight is 190 g/mol. The molecule has 0 saturated heterocycles. The molecule has 0 aromatic rings. The van der Waals surface area contributed by atoms with Gasteiger partial charge in [-0.3, -0.25) is 0 Å². The van der Waals surface area contributed by atoms with Crippen molar-refractivity contribution < 1.29 is 9.09 Å². The van der Waals surface area contributed by atoms with Crippen molar-refractivity contribution in [3.63, 3.8) is 0 Å². The molecule has 0 N–H and O–H groups in total. The van der Waals surface area contributed by atoms with E-state index >= 15 is 0 Å². The monoisotopic (exact) mass is 189 g/mol. The van der Waals surface area contributed by atoms with Crippen molar-refractivity contribution in [3.8, 4) is 0 Å². The second-order valence-electron chi connectivity index (χ2n) is 1.32. The molecule has 0 bridgehead atoms. The Hall–Kier alpha value is 0.640. The van der Waals surface area contributed by atoms with Crippen LogP contribution in [0, 0.1) is 0 Å². The van der Waals surface area contributed by atoms with E-state index in [2.05, 4.69) is 0 Å². The third kappa shape index (κ3) is 5.10. The summed E-state index contributed by atoms with van der Waals surface area (Å²) in [5.41, 5.74) is -0.616. The normalized spacial score (nSPS) is 15.2.